The molecule has 1 aromatic rings. The summed E-state index contributed by atoms with van der Waals surface area (Å²) in [6.45, 7) is 2.28. The third-order valence-corrected chi connectivity index (χ3v) is 3.94. The Morgan fingerprint density at radius 1 is 1.22 bits per heavy atom. The Balaban J connectivity index is 1.83. The van der Waals surface area contributed by atoms with E-state index in [1.165, 1.54) is 12.1 Å². The maximum Gasteiger partial charge on any atom is 0.573 e. The molecule has 0 saturated carbocycles. The van der Waals surface area contributed by atoms with Gasteiger partial charge in [-0.2, -0.15) is 0 Å². The van der Waals surface area contributed by atoms with Crippen LogP contribution < -0.4 is 4.74 Å². The molecule has 1 saturated heterocycles. The highest BCUT2D eigenvalue weighted by atomic mass is 19.4. The third kappa shape index (κ3) is 5.42. The Labute approximate surface area is 133 Å². The highest BCUT2D eigenvalue weighted by molar-refractivity contribution is 5.78. The van der Waals surface area contributed by atoms with E-state index in [1.807, 2.05) is 0 Å². The van der Waals surface area contributed by atoms with Gasteiger partial charge in [0, 0.05) is 26.6 Å². The van der Waals surface area contributed by atoms with Crippen LogP contribution in [0.25, 0.3) is 0 Å². The summed E-state index contributed by atoms with van der Waals surface area (Å²) in [4.78, 5) is 15.7. The minimum atomic E-state index is -4.66. The van der Waals surface area contributed by atoms with Crippen LogP contribution >= 0.6 is 0 Å². The zero-order chi connectivity index (χ0) is 17.0. The minimum Gasteiger partial charge on any atom is -0.406 e. The number of rotatable bonds is 4. The molecule has 0 bridgehead atoms. The number of carbonyl (C=O) groups excluding carboxylic acids is 1. The van der Waals surface area contributed by atoms with Crippen molar-refractivity contribution in [2.45, 2.75) is 25.7 Å². The SMILES string of the molecule is CN(C)C(=O)C1CCN(Cc2ccc(OC(F)(F)F)cc2)CC1. The van der Waals surface area contributed by atoms with Gasteiger partial charge >= 0.3 is 6.36 Å². The fourth-order valence-electron chi connectivity index (χ4n) is 2.76. The molecule has 1 amide bonds. The van der Waals surface area contributed by atoms with Gasteiger partial charge in [0.15, 0.2) is 0 Å². The van der Waals surface area contributed by atoms with E-state index in [-0.39, 0.29) is 17.6 Å². The van der Waals surface area contributed by atoms with E-state index in [4.69, 9.17) is 0 Å². The van der Waals surface area contributed by atoms with Crippen molar-refractivity contribution in [2.75, 3.05) is 27.2 Å². The molecule has 0 N–H and O–H groups in total. The first-order valence-electron chi connectivity index (χ1n) is 7.53. The number of hydrogen-bond acceptors (Lipinski definition) is 3. The van der Waals surface area contributed by atoms with Crippen molar-refractivity contribution in [3.8, 4) is 5.75 Å². The summed E-state index contributed by atoms with van der Waals surface area (Å²) < 4.78 is 40.2. The van der Waals surface area contributed by atoms with Crippen LogP contribution in [0, 0.1) is 5.92 Å². The molecule has 1 aliphatic rings. The molecule has 23 heavy (non-hydrogen) atoms. The first kappa shape index (κ1) is 17.6. The van der Waals surface area contributed by atoms with Crippen molar-refractivity contribution >= 4 is 5.91 Å². The molecular weight excluding hydrogens is 309 g/mol. The van der Waals surface area contributed by atoms with Crippen molar-refractivity contribution in [1.82, 2.24) is 9.80 Å². The number of ether oxygens (including phenoxy) is 1. The summed E-state index contributed by atoms with van der Waals surface area (Å²) in [5.74, 6) is 0.0265. The highest BCUT2D eigenvalue weighted by Gasteiger charge is 2.31. The molecule has 0 radical (unpaired) electrons. The number of piperidine rings is 1. The van der Waals surface area contributed by atoms with Crippen molar-refractivity contribution in [2.24, 2.45) is 5.92 Å². The first-order chi connectivity index (χ1) is 10.7. The molecule has 7 heteroatoms. The number of amides is 1. The molecule has 0 aromatic heterocycles. The number of carbonyl (C=O) groups is 1. The van der Waals surface area contributed by atoms with Gasteiger partial charge in [0.25, 0.3) is 0 Å². The fraction of sp³-hybridized carbons (Fsp3) is 0.562. The van der Waals surface area contributed by atoms with Crippen LogP contribution in [0.3, 0.4) is 0 Å². The highest BCUT2D eigenvalue weighted by Crippen LogP contribution is 2.24. The number of hydrogen-bond donors (Lipinski definition) is 0. The zero-order valence-electron chi connectivity index (χ0n) is 13.3. The monoisotopic (exact) mass is 330 g/mol. The smallest absolute Gasteiger partial charge is 0.406 e. The van der Waals surface area contributed by atoms with Gasteiger partial charge in [0.1, 0.15) is 5.75 Å². The normalized spacial score (nSPS) is 17.1. The lowest BCUT2D eigenvalue weighted by Crippen LogP contribution is -2.39. The first-order valence-corrected chi connectivity index (χ1v) is 7.53. The van der Waals surface area contributed by atoms with Gasteiger partial charge < -0.3 is 9.64 Å². The average molecular weight is 330 g/mol. The second-order valence-corrected chi connectivity index (χ2v) is 5.97. The Bertz CT molecular complexity index is 521. The average Bonchev–Trinajstić information content (AvgIpc) is 2.48. The summed E-state index contributed by atoms with van der Waals surface area (Å²) in [5.41, 5.74) is 0.928. The zero-order valence-corrected chi connectivity index (χ0v) is 13.3. The number of benzene rings is 1. The summed E-state index contributed by atoms with van der Waals surface area (Å²) in [6, 6.07) is 5.92. The van der Waals surface area contributed by atoms with Crippen LogP contribution in [0.2, 0.25) is 0 Å². The molecule has 0 unspecified atom stereocenters. The summed E-state index contributed by atoms with van der Waals surface area (Å²) in [5, 5.41) is 0. The molecule has 1 fully saturated rings. The molecule has 1 aliphatic heterocycles. The maximum absolute atomic E-state index is 12.1. The van der Waals surface area contributed by atoms with E-state index in [0.717, 1.165) is 31.5 Å². The fourth-order valence-corrected chi connectivity index (χ4v) is 2.76. The second-order valence-electron chi connectivity index (χ2n) is 5.97. The van der Waals surface area contributed by atoms with E-state index in [2.05, 4.69) is 9.64 Å². The standard InChI is InChI=1S/C16H21F3N2O2/c1-20(2)15(22)13-7-9-21(10-8-13)11-12-3-5-14(6-4-12)23-16(17,18)19/h3-6,13H,7-11H2,1-2H3. The molecule has 0 aliphatic carbocycles. The molecule has 4 nitrogen and oxygen atoms in total. The van der Waals surface area contributed by atoms with Crippen LogP contribution in [0.15, 0.2) is 24.3 Å². The van der Waals surface area contributed by atoms with E-state index in [1.54, 1.807) is 31.1 Å². The van der Waals surface area contributed by atoms with Crippen LogP contribution in [0.4, 0.5) is 13.2 Å². The molecule has 128 valence electrons. The quantitative estimate of drug-likeness (QED) is 0.851. The van der Waals surface area contributed by atoms with Crippen LogP contribution in [0.5, 0.6) is 5.75 Å². The van der Waals surface area contributed by atoms with E-state index < -0.39 is 6.36 Å². The van der Waals surface area contributed by atoms with Gasteiger partial charge in [-0.05, 0) is 43.6 Å². The molecule has 1 heterocycles. The van der Waals surface area contributed by atoms with Gasteiger partial charge in [-0.3, -0.25) is 9.69 Å². The van der Waals surface area contributed by atoms with Gasteiger partial charge in [-0.15, -0.1) is 13.2 Å². The number of halogens is 3. The van der Waals surface area contributed by atoms with Crippen LogP contribution in [-0.4, -0.2) is 49.3 Å². The molecule has 2 rings (SSSR count). The number of alkyl halides is 3. The molecule has 0 spiro atoms. The van der Waals surface area contributed by atoms with E-state index >= 15 is 0 Å². The van der Waals surface area contributed by atoms with Crippen molar-refractivity contribution in [1.29, 1.82) is 0 Å². The van der Waals surface area contributed by atoms with Gasteiger partial charge in [-0.1, -0.05) is 12.1 Å². The Hall–Kier alpha value is -1.76. The maximum atomic E-state index is 12.1. The Kier molecular flexibility index (Phi) is 5.51. The largest absolute Gasteiger partial charge is 0.573 e. The van der Waals surface area contributed by atoms with Gasteiger partial charge in [-0.25, -0.2) is 0 Å². The van der Waals surface area contributed by atoms with E-state index in [0.29, 0.717) is 6.54 Å². The summed E-state index contributed by atoms with van der Waals surface area (Å²) in [6.07, 6.45) is -3.04. The van der Waals surface area contributed by atoms with Crippen molar-refractivity contribution in [3.05, 3.63) is 29.8 Å². The summed E-state index contributed by atoms with van der Waals surface area (Å²) in [7, 11) is 3.53. The number of likely N-dealkylation sites (tertiary alicyclic amines) is 1. The predicted octanol–water partition coefficient (Wildman–Crippen LogP) is 2.89. The Morgan fingerprint density at radius 2 is 1.78 bits per heavy atom. The predicted molar refractivity (Wildman–Crippen MR) is 79.8 cm³/mol. The molecular formula is C16H21F3N2O2. The lowest BCUT2D eigenvalue weighted by Gasteiger charge is -2.32. The van der Waals surface area contributed by atoms with Gasteiger partial charge in [0.05, 0.1) is 0 Å². The van der Waals surface area contributed by atoms with Crippen molar-refractivity contribution in [3.63, 3.8) is 0 Å². The second kappa shape index (κ2) is 7.21. The van der Waals surface area contributed by atoms with Crippen LogP contribution in [-0.2, 0) is 11.3 Å². The molecule has 0 atom stereocenters. The van der Waals surface area contributed by atoms with E-state index in [9.17, 15) is 18.0 Å². The minimum absolute atomic E-state index is 0.0730. The topological polar surface area (TPSA) is 32.8 Å². The van der Waals surface area contributed by atoms with Gasteiger partial charge in [0.2, 0.25) is 5.91 Å². The molecule has 1 aromatic carbocycles. The Morgan fingerprint density at radius 3 is 2.26 bits per heavy atom. The lowest BCUT2D eigenvalue weighted by atomic mass is 9.95. The van der Waals surface area contributed by atoms with Crippen LogP contribution in [0.1, 0.15) is 18.4 Å². The third-order valence-electron chi connectivity index (χ3n) is 3.94. The number of nitrogens with zero attached hydrogens (tertiary/aromatic N) is 2. The van der Waals surface area contributed by atoms with Crippen molar-refractivity contribution < 1.29 is 22.7 Å². The summed E-state index contributed by atoms with van der Waals surface area (Å²) >= 11 is 0. The lowest BCUT2D eigenvalue weighted by molar-refractivity contribution is -0.274.